The topological polar surface area (TPSA) is 40.5 Å². The lowest BCUT2D eigenvalue weighted by Crippen LogP contribution is -2.35. The molecule has 0 amide bonds. The van der Waals surface area contributed by atoms with Gasteiger partial charge in [0.05, 0.1) is 5.56 Å². The SMILES string of the molecule is Cl.O=C(O)c1ccc2c(c1)C13CC2c2ccccc2C1CN(CC1CCCC1)C3. The monoisotopic (exact) mass is 409 g/mol. The number of nitrogens with zero attached hydrogens (tertiary/aromatic N) is 1. The van der Waals surface area contributed by atoms with Gasteiger partial charge in [-0.1, -0.05) is 43.2 Å². The maximum atomic E-state index is 11.7. The van der Waals surface area contributed by atoms with Crippen molar-refractivity contribution in [2.24, 2.45) is 5.92 Å². The number of carboxylic acids is 1. The third kappa shape index (κ3) is 2.70. The number of likely N-dealkylation sites (tertiary alicyclic amines) is 1. The Kier molecular flexibility index (Phi) is 4.52. The van der Waals surface area contributed by atoms with Gasteiger partial charge in [-0.15, -0.1) is 12.4 Å². The third-order valence-corrected chi connectivity index (χ3v) is 8.13. The number of fused-ring (bicyclic) bond motifs is 3. The largest absolute Gasteiger partial charge is 0.478 e. The molecule has 3 unspecified atom stereocenters. The zero-order valence-corrected chi connectivity index (χ0v) is 17.5. The summed E-state index contributed by atoms with van der Waals surface area (Å²) in [5.74, 6) is 0.965. The number of carbonyl (C=O) groups is 1. The van der Waals surface area contributed by atoms with E-state index < -0.39 is 5.97 Å². The van der Waals surface area contributed by atoms with Crippen molar-refractivity contribution in [2.75, 3.05) is 19.6 Å². The molecule has 1 saturated carbocycles. The molecule has 1 N–H and O–H groups in total. The van der Waals surface area contributed by atoms with Gasteiger partial charge in [0.15, 0.2) is 0 Å². The van der Waals surface area contributed by atoms with Crippen molar-refractivity contribution in [2.45, 2.75) is 49.4 Å². The van der Waals surface area contributed by atoms with E-state index in [-0.39, 0.29) is 17.8 Å². The smallest absolute Gasteiger partial charge is 0.335 e. The molecule has 29 heavy (non-hydrogen) atoms. The Morgan fingerprint density at radius 1 is 1.07 bits per heavy atom. The van der Waals surface area contributed by atoms with Crippen molar-refractivity contribution >= 4 is 18.4 Å². The van der Waals surface area contributed by atoms with Gasteiger partial charge in [-0.05, 0) is 59.6 Å². The number of hydrogen-bond donors (Lipinski definition) is 1. The molecule has 3 aliphatic carbocycles. The van der Waals surface area contributed by atoms with Crippen LogP contribution in [-0.4, -0.2) is 35.6 Å². The molecule has 2 fully saturated rings. The van der Waals surface area contributed by atoms with Gasteiger partial charge < -0.3 is 10.0 Å². The fourth-order valence-corrected chi connectivity index (χ4v) is 7.01. The zero-order valence-electron chi connectivity index (χ0n) is 16.6. The molecule has 152 valence electrons. The summed E-state index contributed by atoms with van der Waals surface area (Å²) in [5.41, 5.74) is 6.24. The van der Waals surface area contributed by atoms with Crippen LogP contribution >= 0.6 is 12.4 Å². The second-order valence-electron chi connectivity index (χ2n) is 9.55. The standard InChI is InChI=1S/C25H27NO2.ClH/c27-24(28)17-9-10-20-21-12-25(22(20)11-17)15-26(13-16-5-1-2-6-16)14-23(25)19-8-4-3-7-18(19)21;/h3-4,7-11,16,21,23H,1-2,5-6,12-15H2,(H,27,28);1H. The van der Waals surface area contributed by atoms with Crippen LogP contribution in [0.5, 0.6) is 0 Å². The fraction of sp³-hybridized carbons (Fsp3) is 0.480. The van der Waals surface area contributed by atoms with Crippen LogP contribution in [0.3, 0.4) is 0 Å². The summed E-state index contributed by atoms with van der Waals surface area (Å²) in [6.07, 6.45) is 6.69. The first-order valence-corrected chi connectivity index (χ1v) is 10.8. The second-order valence-corrected chi connectivity index (χ2v) is 9.55. The Balaban J connectivity index is 0.00000181. The molecule has 1 heterocycles. The van der Waals surface area contributed by atoms with Gasteiger partial charge in [-0.25, -0.2) is 4.79 Å². The summed E-state index contributed by atoms with van der Waals surface area (Å²) < 4.78 is 0. The molecule has 2 bridgehead atoms. The van der Waals surface area contributed by atoms with E-state index in [9.17, 15) is 9.90 Å². The van der Waals surface area contributed by atoms with Crippen LogP contribution in [0, 0.1) is 5.92 Å². The van der Waals surface area contributed by atoms with Crippen LogP contribution < -0.4 is 0 Å². The number of halogens is 1. The van der Waals surface area contributed by atoms with Crippen LogP contribution in [0.25, 0.3) is 0 Å². The number of rotatable bonds is 3. The summed E-state index contributed by atoms with van der Waals surface area (Å²) >= 11 is 0. The van der Waals surface area contributed by atoms with Gasteiger partial charge in [-0.2, -0.15) is 0 Å². The molecule has 3 atom stereocenters. The van der Waals surface area contributed by atoms with Crippen LogP contribution in [-0.2, 0) is 5.41 Å². The molecule has 4 aliphatic rings. The van der Waals surface area contributed by atoms with Gasteiger partial charge in [-0.3, -0.25) is 0 Å². The minimum Gasteiger partial charge on any atom is -0.478 e. The van der Waals surface area contributed by atoms with Crippen molar-refractivity contribution in [3.05, 3.63) is 70.3 Å². The van der Waals surface area contributed by atoms with E-state index in [1.807, 2.05) is 6.07 Å². The van der Waals surface area contributed by atoms with E-state index in [1.54, 1.807) is 6.07 Å². The second kappa shape index (κ2) is 6.85. The predicted molar refractivity (Wildman–Crippen MR) is 116 cm³/mol. The number of hydrogen-bond acceptors (Lipinski definition) is 2. The average Bonchev–Trinajstić information content (AvgIpc) is 3.41. The van der Waals surface area contributed by atoms with Gasteiger partial charge in [0.2, 0.25) is 0 Å². The molecular formula is C25H28ClNO2. The van der Waals surface area contributed by atoms with Crippen LogP contribution in [0.15, 0.2) is 42.5 Å². The molecule has 2 aromatic rings. The lowest BCUT2D eigenvalue weighted by atomic mass is 9.65. The van der Waals surface area contributed by atoms with Crippen molar-refractivity contribution in [1.29, 1.82) is 0 Å². The first-order chi connectivity index (χ1) is 13.7. The highest BCUT2D eigenvalue weighted by atomic mass is 35.5. The van der Waals surface area contributed by atoms with Crippen molar-refractivity contribution in [3.63, 3.8) is 0 Å². The highest BCUT2D eigenvalue weighted by molar-refractivity contribution is 5.88. The number of carboxylic acid groups (broad SMARTS) is 1. The molecule has 4 heteroatoms. The Bertz CT molecular complexity index is 967. The van der Waals surface area contributed by atoms with E-state index in [2.05, 4.69) is 35.2 Å². The van der Waals surface area contributed by atoms with E-state index >= 15 is 0 Å². The molecule has 6 rings (SSSR count). The summed E-state index contributed by atoms with van der Waals surface area (Å²) in [6.45, 7) is 3.44. The minimum absolute atomic E-state index is 0. The normalized spacial score (nSPS) is 29.8. The van der Waals surface area contributed by atoms with Gasteiger partial charge in [0, 0.05) is 36.9 Å². The van der Waals surface area contributed by atoms with Gasteiger partial charge in [0.1, 0.15) is 0 Å². The first-order valence-electron chi connectivity index (χ1n) is 10.8. The van der Waals surface area contributed by atoms with Crippen molar-refractivity contribution in [3.8, 4) is 0 Å². The van der Waals surface area contributed by atoms with Crippen LogP contribution in [0.4, 0.5) is 0 Å². The predicted octanol–water partition coefficient (Wildman–Crippen LogP) is 5.18. The average molecular weight is 410 g/mol. The number of aromatic carboxylic acids is 1. The third-order valence-electron chi connectivity index (χ3n) is 8.13. The highest BCUT2D eigenvalue weighted by Gasteiger charge is 2.58. The molecule has 1 saturated heterocycles. The molecule has 0 aromatic heterocycles. The minimum atomic E-state index is -0.810. The Hall–Kier alpha value is -1.84. The van der Waals surface area contributed by atoms with Gasteiger partial charge >= 0.3 is 5.97 Å². The molecule has 0 radical (unpaired) electrons. The molecule has 1 aliphatic heterocycles. The molecule has 2 aromatic carbocycles. The Morgan fingerprint density at radius 2 is 1.83 bits per heavy atom. The fourth-order valence-electron chi connectivity index (χ4n) is 7.01. The number of benzene rings is 2. The maximum absolute atomic E-state index is 11.7. The summed E-state index contributed by atoms with van der Waals surface area (Å²) in [6, 6.07) is 14.9. The lowest BCUT2D eigenvalue weighted by molar-refractivity contribution is 0.0696. The maximum Gasteiger partial charge on any atom is 0.335 e. The van der Waals surface area contributed by atoms with Crippen molar-refractivity contribution < 1.29 is 9.90 Å². The summed E-state index contributed by atoms with van der Waals surface area (Å²) in [5, 5.41) is 9.60. The highest BCUT2D eigenvalue weighted by Crippen LogP contribution is 2.63. The Morgan fingerprint density at radius 3 is 2.59 bits per heavy atom. The summed E-state index contributed by atoms with van der Waals surface area (Å²) in [4.78, 5) is 14.4. The van der Waals surface area contributed by atoms with Crippen LogP contribution in [0.2, 0.25) is 0 Å². The van der Waals surface area contributed by atoms with E-state index in [0.717, 1.165) is 25.4 Å². The molecular weight excluding hydrogens is 382 g/mol. The Labute approximate surface area is 178 Å². The van der Waals surface area contributed by atoms with Crippen molar-refractivity contribution in [1.82, 2.24) is 4.90 Å². The quantitative estimate of drug-likeness (QED) is 0.758. The first kappa shape index (κ1) is 19.1. The summed E-state index contributed by atoms with van der Waals surface area (Å²) in [7, 11) is 0. The van der Waals surface area contributed by atoms with Gasteiger partial charge in [0.25, 0.3) is 0 Å². The van der Waals surface area contributed by atoms with E-state index in [0.29, 0.717) is 17.4 Å². The lowest BCUT2D eigenvalue weighted by Gasteiger charge is -2.37. The molecule has 3 nitrogen and oxygen atoms in total. The van der Waals surface area contributed by atoms with E-state index in [1.165, 1.54) is 54.5 Å². The molecule has 1 spiro atoms. The van der Waals surface area contributed by atoms with E-state index in [4.69, 9.17) is 0 Å². The van der Waals surface area contributed by atoms with Crippen LogP contribution in [0.1, 0.15) is 76.6 Å². The zero-order chi connectivity index (χ0) is 18.9.